The molecule has 0 bridgehead atoms. The minimum Gasteiger partial charge on any atom is -0.465 e. The molecule has 1 aliphatic rings. The Balaban J connectivity index is 1.57. The number of carbonyl (C=O) groups is 1. The maximum absolute atomic E-state index is 12.2. The molecule has 3 heterocycles. The van der Waals surface area contributed by atoms with Gasteiger partial charge in [-0.1, -0.05) is 0 Å². The highest BCUT2D eigenvalue weighted by atomic mass is 16.3. The molecule has 2 aromatic rings. The predicted octanol–water partition coefficient (Wildman–Crippen LogP) is 1.91. The summed E-state index contributed by atoms with van der Waals surface area (Å²) in [5.74, 6) is 1.41. The third-order valence-corrected chi connectivity index (χ3v) is 3.72. The second-order valence-electron chi connectivity index (χ2n) is 5.18. The van der Waals surface area contributed by atoms with Gasteiger partial charge in [-0.25, -0.2) is 4.98 Å². The summed E-state index contributed by atoms with van der Waals surface area (Å²) in [7, 11) is 0. The van der Waals surface area contributed by atoms with E-state index in [2.05, 4.69) is 16.0 Å². The van der Waals surface area contributed by atoms with Crippen LogP contribution in [-0.4, -0.2) is 42.0 Å². The number of furan rings is 1. The Morgan fingerprint density at radius 3 is 2.83 bits per heavy atom. The van der Waals surface area contributed by atoms with Gasteiger partial charge in [0.25, 0.3) is 0 Å². The van der Waals surface area contributed by atoms with Crippen molar-refractivity contribution < 1.29 is 9.21 Å². The molecule has 0 aliphatic carbocycles. The number of nitrogens with zero attached hydrogens (tertiary/aromatic N) is 4. The monoisotopic (exact) mass is 308 g/mol. The lowest BCUT2D eigenvalue weighted by atomic mass is 10.2. The van der Waals surface area contributed by atoms with E-state index in [0.717, 1.165) is 5.82 Å². The average molecular weight is 308 g/mol. The van der Waals surface area contributed by atoms with Crippen molar-refractivity contribution in [2.45, 2.75) is 0 Å². The van der Waals surface area contributed by atoms with Crippen LogP contribution >= 0.6 is 0 Å². The van der Waals surface area contributed by atoms with Gasteiger partial charge in [0.2, 0.25) is 5.91 Å². The first kappa shape index (κ1) is 14.9. The third kappa shape index (κ3) is 3.58. The van der Waals surface area contributed by atoms with Crippen molar-refractivity contribution >= 4 is 17.8 Å². The molecule has 3 rings (SSSR count). The van der Waals surface area contributed by atoms with Crippen LogP contribution in [0.5, 0.6) is 0 Å². The van der Waals surface area contributed by atoms with E-state index in [1.165, 1.54) is 6.08 Å². The summed E-state index contributed by atoms with van der Waals surface area (Å²) in [4.78, 5) is 20.3. The van der Waals surface area contributed by atoms with Gasteiger partial charge >= 0.3 is 0 Å². The Kier molecular flexibility index (Phi) is 4.39. The molecule has 1 amide bonds. The Hall–Kier alpha value is -3.07. The van der Waals surface area contributed by atoms with Gasteiger partial charge in [0.1, 0.15) is 11.6 Å². The normalized spacial score (nSPS) is 14.9. The molecule has 0 saturated carbocycles. The van der Waals surface area contributed by atoms with Gasteiger partial charge in [0.05, 0.1) is 17.9 Å². The topological polar surface area (TPSA) is 73.4 Å². The lowest BCUT2D eigenvalue weighted by Gasteiger charge is -2.34. The molecule has 0 N–H and O–H groups in total. The fraction of sp³-hybridized carbons (Fsp3) is 0.235. The van der Waals surface area contributed by atoms with E-state index >= 15 is 0 Å². The highest BCUT2D eigenvalue weighted by molar-refractivity contribution is 5.91. The van der Waals surface area contributed by atoms with Crippen LogP contribution in [0, 0.1) is 11.3 Å². The molecular weight excluding hydrogens is 292 g/mol. The van der Waals surface area contributed by atoms with Crippen LogP contribution in [0.3, 0.4) is 0 Å². The molecule has 23 heavy (non-hydrogen) atoms. The fourth-order valence-electron chi connectivity index (χ4n) is 2.46. The average Bonchev–Trinajstić information content (AvgIpc) is 3.13. The molecule has 116 valence electrons. The van der Waals surface area contributed by atoms with Gasteiger partial charge < -0.3 is 14.2 Å². The second-order valence-corrected chi connectivity index (χ2v) is 5.18. The smallest absolute Gasteiger partial charge is 0.246 e. The van der Waals surface area contributed by atoms with Crippen molar-refractivity contribution in [1.82, 2.24) is 9.88 Å². The molecule has 0 aromatic carbocycles. The van der Waals surface area contributed by atoms with Crippen LogP contribution in [-0.2, 0) is 4.79 Å². The summed E-state index contributed by atoms with van der Waals surface area (Å²) in [6.45, 7) is 2.64. The van der Waals surface area contributed by atoms with Crippen LogP contribution in [0.2, 0.25) is 0 Å². The van der Waals surface area contributed by atoms with Crippen molar-refractivity contribution in [3.05, 3.63) is 54.1 Å². The fourth-order valence-corrected chi connectivity index (χ4v) is 2.46. The summed E-state index contributed by atoms with van der Waals surface area (Å²) in [5.41, 5.74) is 0.592. The number of hydrogen-bond donors (Lipinski definition) is 0. The van der Waals surface area contributed by atoms with Gasteiger partial charge in [0.15, 0.2) is 0 Å². The Labute approximate surface area is 134 Å². The van der Waals surface area contributed by atoms with E-state index in [1.807, 2.05) is 0 Å². The minimum absolute atomic E-state index is 0.0280. The van der Waals surface area contributed by atoms with E-state index < -0.39 is 0 Å². The summed E-state index contributed by atoms with van der Waals surface area (Å²) >= 11 is 0. The standard InChI is InChI=1S/C17H16N4O2/c18-13-14-5-6-19-16(12-14)20-7-9-21(10-8-20)17(22)4-3-15-2-1-11-23-15/h1-6,11-12H,7-10H2/b4-3-. The number of anilines is 1. The van der Waals surface area contributed by atoms with Crippen LogP contribution in [0.4, 0.5) is 5.82 Å². The zero-order valence-corrected chi connectivity index (χ0v) is 12.6. The second kappa shape index (κ2) is 6.79. The van der Waals surface area contributed by atoms with Gasteiger partial charge in [0, 0.05) is 38.5 Å². The Morgan fingerprint density at radius 2 is 2.13 bits per heavy atom. The van der Waals surface area contributed by atoms with Crippen LogP contribution < -0.4 is 4.90 Å². The van der Waals surface area contributed by atoms with E-state index in [-0.39, 0.29) is 5.91 Å². The minimum atomic E-state index is -0.0280. The zero-order chi connectivity index (χ0) is 16.1. The molecule has 1 saturated heterocycles. The molecule has 1 fully saturated rings. The number of pyridine rings is 1. The predicted molar refractivity (Wildman–Crippen MR) is 85.5 cm³/mol. The third-order valence-electron chi connectivity index (χ3n) is 3.72. The number of piperazine rings is 1. The molecule has 2 aromatic heterocycles. The Morgan fingerprint density at radius 1 is 1.30 bits per heavy atom. The van der Waals surface area contributed by atoms with Gasteiger partial charge in [-0.2, -0.15) is 5.26 Å². The zero-order valence-electron chi connectivity index (χ0n) is 12.6. The molecular formula is C17H16N4O2. The van der Waals surface area contributed by atoms with E-state index in [1.54, 1.807) is 47.7 Å². The van der Waals surface area contributed by atoms with Gasteiger partial charge in [-0.15, -0.1) is 0 Å². The quantitative estimate of drug-likeness (QED) is 0.810. The first-order valence-corrected chi connectivity index (χ1v) is 7.38. The van der Waals surface area contributed by atoms with Gasteiger partial charge in [-0.3, -0.25) is 4.79 Å². The summed E-state index contributed by atoms with van der Waals surface area (Å²) < 4.78 is 5.17. The van der Waals surface area contributed by atoms with Crippen molar-refractivity contribution in [2.24, 2.45) is 0 Å². The van der Waals surface area contributed by atoms with E-state index in [0.29, 0.717) is 37.5 Å². The van der Waals surface area contributed by atoms with Crippen molar-refractivity contribution in [3.63, 3.8) is 0 Å². The van der Waals surface area contributed by atoms with E-state index in [9.17, 15) is 4.79 Å². The van der Waals surface area contributed by atoms with Crippen molar-refractivity contribution in [1.29, 1.82) is 5.26 Å². The number of hydrogen-bond acceptors (Lipinski definition) is 5. The lowest BCUT2D eigenvalue weighted by molar-refractivity contribution is -0.126. The highest BCUT2D eigenvalue weighted by Gasteiger charge is 2.20. The number of amides is 1. The SMILES string of the molecule is N#Cc1ccnc(N2CCN(C(=O)/C=C\c3ccco3)CC2)c1. The molecule has 1 aliphatic heterocycles. The number of nitriles is 1. The van der Waals surface area contributed by atoms with Crippen LogP contribution in [0.25, 0.3) is 6.08 Å². The molecule has 0 atom stereocenters. The van der Waals surface area contributed by atoms with Crippen LogP contribution in [0.15, 0.2) is 47.2 Å². The highest BCUT2D eigenvalue weighted by Crippen LogP contribution is 2.15. The maximum Gasteiger partial charge on any atom is 0.246 e. The maximum atomic E-state index is 12.2. The lowest BCUT2D eigenvalue weighted by Crippen LogP contribution is -2.48. The van der Waals surface area contributed by atoms with Crippen molar-refractivity contribution in [2.75, 3.05) is 31.1 Å². The first-order valence-electron chi connectivity index (χ1n) is 7.38. The number of aromatic nitrogens is 1. The van der Waals surface area contributed by atoms with Crippen molar-refractivity contribution in [3.8, 4) is 6.07 Å². The van der Waals surface area contributed by atoms with E-state index in [4.69, 9.17) is 9.68 Å². The number of rotatable bonds is 3. The molecule has 0 spiro atoms. The summed E-state index contributed by atoms with van der Waals surface area (Å²) in [6.07, 6.45) is 6.42. The summed E-state index contributed by atoms with van der Waals surface area (Å²) in [6, 6.07) is 9.15. The summed E-state index contributed by atoms with van der Waals surface area (Å²) in [5, 5.41) is 8.95. The first-order chi connectivity index (χ1) is 11.3. The largest absolute Gasteiger partial charge is 0.465 e. The number of carbonyl (C=O) groups excluding carboxylic acids is 1. The van der Waals surface area contributed by atoms with Gasteiger partial charge in [-0.05, 0) is 30.3 Å². The Bertz CT molecular complexity index is 738. The molecule has 6 heteroatoms. The molecule has 0 unspecified atom stereocenters. The molecule has 6 nitrogen and oxygen atoms in total. The molecule has 0 radical (unpaired) electrons. The van der Waals surface area contributed by atoms with Crippen LogP contribution in [0.1, 0.15) is 11.3 Å².